The number of carboxylic acid groups (broad SMARTS) is 1. The zero-order valence-electron chi connectivity index (χ0n) is 14.2. The van der Waals surface area contributed by atoms with Gasteiger partial charge in [0.05, 0.1) is 0 Å². The lowest BCUT2D eigenvalue weighted by Crippen LogP contribution is -2.48. The van der Waals surface area contributed by atoms with Gasteiger partial charge < -0.3 is 25.2 Å². The fourth-order valence-electron chi connectivity index (χ4n) is 2.23. The summed E-state index contributed by atoms with van der Waals surface area (Å²) < 4.78 is 10.8. The molecule has 1 aromatic carbocycles. The van der Waals surface area contributed by atoms with Crippen molar-refractivity contribution in [2.45, 2.75) is 39.0 Å². The van der Waals surface area contributed by atoms with Crippen LogP contribution in [0.15, 0.2) is 30.3 Å². The van der Waals surface area contributed by atoms with Crippen LogP contribution < -0.4 is 10.6 Å². The second-order valence-electron chi connectivity index (χ2n) is 5.11. The molecular weight excluding hydrogens is 312 g/mol. The standard InChI is InChI=1S/C17H26N2O5/c1-3-23-15(24-4-2)10-11-18-16(20)14(19-17(21)22)12-13-8-6-5-7-9-13/h5-9,14-15,19H,3-4,10-12H2,1-2H3,(H,18,20)(H,21,22)/t14-/m0/s1. The minimum absolute atomic E-state index is 0.291. The smallest absolute Gasteiger partial charge is 0.405 e. The first-order valence-electron chi connectivity index (χ1n) is 8.11. The molecule has 0 heterocycles. The molecule has 2 amide bonds. The second-order valence-corrected chi connectivity index (χ2v) is 5.11. The Bertz CT molecular complexity index is 489. The molecule has 7 heteroatoms. The molecule has 0 aromatic heterocycles. The van der Waals surface area contributed by atoms with E-state index in [1.807, 2.05) is 44.2 Å². The Kier molecular flexibility index (Phi) is 9.48. The Labute approximate surface area is 142 Å². The van der Waals surface area contributed by atoms with Crippen LogP contribution in [0.1, 0.15) is 25.8 Å². The number of carbonyl (C=O) groups excluding carboxylic acids is 1. The van der Waals surface area contributed by atoms with Crippen molar-refractivity contribution < 1.29 is 24.2 Å². The Morgan fingerprint density at radius 3 is 2.29 bits per heavy atom. The first-order chi connectivity index (χ1) is 11.6. The maximum absolute atomic E-state index is 12.3. The van der Waals surface area contributed by atoms with Crippen LogP contribution in [0, 0.1) is 0 Å². The highest BCUT2D eigenvalue weighted by molar-refractivity contribution is 5.85. The molecule has 7 nitrogen and oxygen atoms in total. The zero-order valence-corrected chi connectivity index (χ0v) is 14.2. The average molecular weight is 338 g/mol. The summed E-state index contributed by atoms with van der Waals surface area (Å²) in [5.41, 5.74) is 0.882. The van der Waals surface area contributed by atoms with E-state index in [0.717, 1.165) is 5.56 Å². The maximum Gasteiger partial charge on any atom is 0.405 e. The Morgan fingerprint density at radius 2 is 1.75 bits per heavy atom. The number of nitrogens with one attached hydrogen (secondary N) is 2. The van der Waals surface area contributed by atoms with E-state index in [2.05, 4.69) is 10.6 Å². The number of hydrogen-bond donors (Lipinski definition) is 3. The van der Waals surface area contributed by atoms with Crippen molar-refractivity contribution in [3.63, 3.8) is 0 Å². The van der Waals surface area contributed by atoms with Gasteiger partial charge in [-0.05, 0) is 19.4 Å². The predicted octanol–water partition coefficient (Wildman–Crippen LogP) is 1.77. The van der Waals surface area contributed by atoms with Crippen LogP contribution >= 0.6 is 0 Å². The normalized spacial score (nSPS) is 12.0. The average Bonchev–Trinajstić information content (AvgIpc) is 2.55. The molecule has 0 saturated carbocycles. The third-order valence-electron chi connectivity index (χ3n) is 3.28. The van der Waals surface area contributed by atoms with Crippen LogP contribution in [0.2, 0.25) is 0 Å². The molecule has 3 N–H and O–H groups in total. The van der Waals surface area contributed by atoms with Crippen molar-refractivity contribution in [2.75, 3.05) is 19.8 Å². The van der Waals surface area contributed by atoms with Crippen molar-refractivity contribution in [2.24, 2.45) is 0 Å². The van der Waals surface area contributed by atoms with Crippen LogP contribution in [0.5, 0.6) is 0 Å². The number of benzene rings is 1. The predicted molar refractivity (Wildman–Crippen MR) is 89.8 cm³/mol. The van der Waals surface area contributed by atoms with Gasteiger partial charge in [0.1, 0.15) is 6.04 Å². The van der Waals surface area contributed by atoms with Crippen LogP contribution in [-0.2, 0) is 20.7 Å². The summed E-state index contributed by atoms with van der Waals surface area (Å²) in [6, 6.07) is 8.42. The quantitative estimate of drug-likeness (QED) is 0.534. The topological polar surface area (TPSA) is 96.9 Å². The summed E-state index contributed by atoms with van der Waals surface area (Å²) >= 11 is 0. The first kappa shape index (κ1) is 19.9. The van der Waals surface area contributed by atoms with Crippen molar-refractivity contribution in [3.8, 4) is 0 Å². The molecule has 1 rings (SSSR count). The summed E-state index contributed by atoms with van der Waals surface area (Å²) in [7, 11) is 0. The molecule has 0 fully saturated rings. The van der Waals surface area contributed by atoms with Gasteiger partial charge in [0.15, 0.2) is 6.29 Å². The van der Waals surface area contributed by atoms with E-state index < -0.39 is 12.1 Å². The lowest BCUT2D eigenvalue weighted by Gasteiger charge is -2.19. The van der Waals surface area contributed by atoms with Crippen molar-refractivity contribution in [3.05, 3.63) is 35.9 Å². The lowest BCUT2D eigenvalue weighted by atomic mass is 10.1. The molecule has 134 valence electrons. The maximum atomic E-state index is 12.3. The van der Waals surface area contributed by atoms with Gasteiger partial charge in [-0.3, -0.25) is 4.79 Å². The van der Waals surface area contributed by atoms with Crippen molar-refractivity contribution in [1.82, 2.24) is 10.6 Å². The van der Waals surface area contributed by atoms with E-state index in [9.17, 15) is 9.59 Å². The number of carbonyl (C=O) groups is 2. The van der Waals surface area contributed by atoms with Crippen LogP contribution in [0.3, 0.4) is 0 Å². The molecule has 0 aliphatic rings. The highest BCUT2D eigenvalue weighted by Gasteiger charge is 2.21. The Morgan fingerprint density at radius 1 is 1.12 bits per heavy atom. The summed E-state index contributed by atoms with van der Waals surface area (Å²) in [5.74, 6) is -0.368. The molecular formula is C17H26N2O5. The van der Waals surface area contributed by atoms with E-state index in [4.69, 9.17) is 14.6 Å². The van der Waals surface area contributed by atoms with Gasteiger partial charge >= 0.3 is 6.09 Å². The monoisotopic (exact) mass is 338 g/mol. The zero-order chi connectivity index (χ0) is 17.8. The summed E-state index contributed by atoms with van der Waals surface area (Å²) in [5, 5.41) is 13.9. The minimum Gasteiger partial charge on any atom is -0.465 e. The largest absolute Gasteiger partial charge is 0.465 e. The molecule has 0 saturated heterocycles. The molecule has 0 aliphatic carbocycles. The van der Waals surface area contributed by atoms with Crippen molar-refractivity contribution >= 4 is 12.0 Å². The van der Waals surface area contributed by atoms with Gasteiger partial charge in [-0.15, -0.1) is 0 Å². The van der Waals surface area contributed by atoms with Crippen LogP contribution in [0.25, 0.3) is 0 Å². The molecule has 1 aromatic rings. The van der Waals surface area contributed by atoms with Gasteiger partial charge in [-0.2, -0.15) is 0 Å². The molecule has 1 atom stereocenters. The van der Waals surface area contributed by atoms with Gasteiger partial charge in [-0.1, -0.05) is 30.3 Å². The van der Waals surface area contributed by atoms with E-state index >= 15 is 0 Å². The third kappa shape index (κ3) is 7.94. The molecule has 0 radical (unpaired) electrons. The second kappa shape index (κ2) is 11.4. The SMILES string of the molecule is CCOC(CCNC(=O)[C@H](Cc1ccccc1)NC(=O)O)OCC. The number of ether oxygens (including phenoxy) is 2. The Hall–Kier alpha value is -2.12. The van der Waals surface area contributed by atoms with E-state index in [-0.39, 0.29) is 12.2 Å². The highest BCUT2D eigenvalue weighted by atomic mass is 16.7. The highest BCUT2D eigenvalue weighted by Crippen LogP contribution is 2.04. The number of rotatable bonds is 11. The molecule has 0 aliphatic heterocycles. The van der Waals surface area contributed by atoms with E-state index in [1.54, 1.807) is 0 Å². The van der Waals surface area contributed by atoms with E-state index in [0.29, 0.717) is 32.6 Å². The molecule has 24 heavy (non-hydrogen) atoms. The van der Waals surface area contributed by atoms with Gasteiger partial charge in [0.25, 0.3) is 0 Å². The number of amides is 2. The Balaban J connectivity index is 2.53. The fraction of sp³-hybridized carbons (Fsp3) is 0.529. The summed E-state index contributed by atoms with van der Waals surface area (Å²) in [6.07, 6.45) is -0.814. The van der Waals surface area contributed by atoms with Crippen LogP contribution in [-0.4, -0.2) is 49.2 Å². The third-order valence-corrected chi connectivity index (χ3v) is 3.28. The van der Waals surface area contributed by atoms with Crippen LogP contribution in [0.4, 0.5) is 4.79 Å². The first-order valence-corrected chi connectivity index (χ1v) is 8.11. The van der Waals surface area contributed by atoms with Gasteiger partial charge in [0, 0.05) is 32.6 Å². The summed E-state index contributed by atoms with van der Waals surface area (Å²) in [6.45, 7) is 5.14. The lowest BCUT2D eigenvalue weighted by molar-refractivity contribution is -0.140. The fourth-order valence-corrected chi connectivity index (χ4v) is 2.23. The molecule has 0 spiro atoms. The van der Waals surface area contributed by atoms with Gasteiger partial charge in [-0.25, -0.2) is 4.79 Å². The molecule has 0 unspecified atom stereocenters. The molecule has 0 bridgehead atoms. The minimum atomic E-state index is -1.23. The van der Waals surface area contributed by atoms with Crippen molar-refractivity contribution in [1.29, 1.82) is 0 Å². The number of hydrogen-bond acceptors (Lipinski definition) is 4. The van der Waals surface area contributed by atoms with Gasteiger partial charge in [0.2, 0.25) is 5.91 Å². The summed E-state index contributed by atoms with van der Waals surface area (Å²) in [4.78, 5) is 23.2. The van der Waals surface area contributed by atoms with E-state index in [1.165, 1.54) is 0 Å².